The van der Waals surface area contributed by atoms with Crippen LogP contribution < -0.4 is 18.9 Å². The number of aliphatic hydroxyl groups excluding tert-OH is 1. The Morgan fingerprint density at radius 2 is 1.00 bits per heavy atom. The third-order valence-corrected chi connectivity index (χ3v) is 9.12. The van der Waals surface area contributed by atoms with Crippen LogP contribution >= 0.6 is 0 Å². The van der Waals surface area contributed by atoms with Crippen molar-refractivity contribution >= 4 is 30.8 Å². The van der Waals surface area contributed by atoms with Crippen LogP contribution in [0.2, 0.25) is 0 Å². The van der Waals surface area contributed by atoms with Crippen molar-refractivity contribution in [3.05, 3.63) is 118 Å². The van der Waals surface area contributed by atoms with Crippen molar-refractivity contribution in [2.75, 3.05) is 26.2 Å². The predicted octanol–water partition coefficient (Wildman–Crippen LogP) is 2.51. The number of aromatic carboxylic acids is 1. The number of hydrogen-bond donors (Lipinski definition) is 2. The van der Waals surface area contributed by atoms with Gasteiger partial charge in [-0.15, -0.1) is 0 Å². The molecule has 10 rings (SSSR count). The van der Waals surface area contributed by atoms with E-state index >= 15 is 0 Å². The highest BCUT2D eigenvalue weighted by molar-refractivity contribution is 5.92. The molecule has 4 aromatic rings. The van der Waals surface area contributed by atoms with Crippen LogP contribution in [0.4, 0.5) is 0 Å². The molecule has 47 heavy (non-hydrogen) atoms. The number of nitrogens with zero attached hydrogens (tertiary/aromatic N) is 4. The molecule has 11 nitrogen and oxygen atoms in total. The molecule has 0 aliphatic carbocycles. The van der Waals surface area contributed by atoms with E-state index in [0.29, 0.717) is 5.75 Å². The first-order chi connectivity index (χ1) is 22.9. The molecule has 0 amide bonds. The number of ether oxygens (including phenoxy) is 4. The lowest BCUT2D eigenvalue weighted by molar-refractivity contribution is -0.855. The van der Waals surface area contributed by atoms with Crippen LogP contribution in [0.3, 0.4) is 0 Å². The first-order valence-electron chi connectivity index (χ1n) is 15.5. The lowest BCUT2D eigenvalue weighted by Gasteiger charge is -2.26. The van der Waals surface area contributed by atoms with Gasteiger partial charge in [0.2, 0.25) is 26.2 Å². The molecule has 0 aromatic heterocycles. The molecule has 2 fully saturated rings. The van der Waals surface area contributed by atoms with E-state index < -0.39 is 18.0 Å². The van der Waals surface area contributed by atoms with Gasteiger partial charge in [0.15, 0.2) is 47.9 Å². The number of hydrogen-bond acceptors (Lipinski definition) is 6. The molecule has 0 bridgehead atoms. The monoisotopic (exact) mass is 630 g/mol. The fraction of sp³-hybridized carbons (Fsp3) is 0.194. The second-order valence-corrected chi connectivity index (χ2v) is 12.0. The van der Waals surface area contributed by atoms with Gasteiger partial charge in [0.25, 0.3) is 0 Å². The summed E-state index contributed by atoms with van der Waals surface area (Å²) in [6.07, 6.45) is 8.11. The summed E-state index contributed by atoms with van der Waals surface area (Å²) in [7, 11) is 0. The Bertz CT molecular complexity index is 2150. The first-order valence-corrected chi connectivity index (χ1v) is 15.5. The SMILES string of the molecule is O=C(O)c1ccc2c(c1)C=[N+]1CC[N+]3=Cc4ccccc4OC31O2.OCc1ccc2c(c1)C=[N+]1CC[N+]3=Cc4ccccc4OC31O2. The van der Waals surface area contributed by atoms with Gasteiger partial charge < -0.3 is 29.2 Å². The topological polar surface area (TPSA) is 106 Å². The number of aliphatic hydroxyl groups is 1. The van der Waals surface area contributed by atoms with Gasteiger partial charge in [0, 0.05) is 0 Å². The second kappa shape index (κ2) is 10.1. The molecule has 6 aliphatic heterocycles. The van der Waals surface area contributed by atoms with Crippen molar-refractivity contribution in [2.24, 2.45) is 0 Å². The van der Waals surface area contributed by atoms with E-state index in [4.69, 9.17) is 24.1 Å². The zero-order valence-electron chi connectivity index (χ0n) is 25.2. The summed E-state index contributed by atoms with van der Waals surface area (Å²) in [5, 5.41) is 18.5. The van der Waals surface area contributed by atoms with Gasteiger partial charge in [-0.05, 0) is 60.2 Å². The average Bonchev–Trinajstić information content (AvgIpc) is 3.63. The van der Waals surface area contributed by atoms with Gasteiger partial charge in [0.1, 0.15) is 0 Å². The summed E-state index contributed by atoms with van der Waals surface area (Å²) in [5.41, 5.74) is 4.89. The number of para-hydroxylation sites is 2. The summed E-state index contributed by atoms with van der Waals surface area (Å²) in [6, 6.07) is 24.4. The van der Waals surface area contributed by atoms with Crippen molar-refractivity contribution in [3.63, 3.8) is 0 Å². The highest BCUT2D eigenvalue weighted by atomic mass is 16.8. The minimum absolute atomic E-state index is 0.0239. The highest BCUT2D eigenvalue weighted by Gasteiger charge is 2.69. The van der Waals surface area contributed by atoms with Crippen molar-refractivity contribution in [3.8, 4) is 23.0 Å². The predicted molar refractivity (Wildman–Crippen MR) is 168 cm³/mol. The Kier molecular flexibility index (Phi) is 5.91. The molecule has 0 saturated carbocycles. The molecule has 2 saturated heterocycles. The van der Waals surface area contributed by atoms with Crippen molar-refractivity contribution < 1.29 is 52.3 Å². The van der Waals surface area contributed by atoms with Crippen LogP contribution in [0.1, 0.15) is 38.2 Å². The molecule has 4 aromatic carbocycles. The third-order valence-electron chi connectivity index (χ3n) is 9.12. The van der Waals surface area contributed by atoms with Gasteiger partial charge >= 0.3 is 18.0 Å². The standard InChI is InChI=1S/C18H13N2O4.C18H16N2O3/c21-17(22)12-5-6-16-14(9-12)11-20-8-7-19-10-13-3-1-2-4-15(13)23-18(19,20)24-16;21-12-13-5-6-17-15(9-13)11-20-8-7-19-10-14-3-1-2-4-16(14)22-18(19,20)23-17/h1-6,9-11H,7-8H2;1-6,9-11,21H,7-8,12H2/q+1;+2/p+1. The summed E-state index contributed by atoms with van der Waals surface area (Å²) in [6.45, 7) is 3.14. The zero-order valence-corrected chi connectivity index (χ0v) is 25.2. The maximum Gasteiger partial charge on any atom is 0.704 e. The van der Waals surface area contributed by atoms with E-state index in [0.717, 1.165) is 71.2 Å². The number of fused-ring (bicyclic) bond motifs is 4. The number of carbonyl (C=O) groups is 1. The lowest BCUT2D eigenvalue weighted by atomic mass is 10.1. The largest absolute Gasteiger partial charge is 0.704 e. The fourth-order valence-electron chi connectivity index (χ4n) is 6.79. The molecule has 11 heteroatoms. The first kappa shape index (κ1) is 27.5. The molecule has 232 valence electrons. The van der Waals surface area contributed by atoms with E-state index in [2.05, 4.69) is 21.6 Å². The van der Waals surface area contributed by atoms with E-state index in [1.165, 1.54) is 0 Å². The molecular weight excluding hydrogens is 600 g/mol. The van der Waals surface area contributed by atoms with Crippen molar-refractivity contribution in [2.45, 2.75) is 18.7 Å². The summed E-state index contributed by atoms with van der Waals surface area (Å²) in [5.74, 6) is 2.00. The fourth-order valence-corrected chi connectivity index (χ4v) is 6.79. The number of carboxylic acid groups (broad SMARTS) is 1. The maximum atomic E-state index is 11.2. The number of benzene rings is 4. The molecular formula is C36H30N4O7+4. The summed E-state index contributed by atoms with van der Waals surface area (Å²) in [4.78, 5) is 11.2. The molecule has 6 heterocycles. The molecule has 0 radical (unpaired) electrons. The normalized spacial score (nSPS) is 23.0. The van der Waals surface area contributed by atoms with Gasteiger partial charge in [0.05, 0.1) is 34.4 Å². The Balaban J connectivity index is 0.000000129. The van der Waals surface area contributed by atoms with Crippen LogP contribution in [0.5, 0.6) is 23.0 Å². The zero-order chi connectivity index (χ0) is 31.8. The summed E-state index contributed by atoms with van der Waals surface area (Å²) >= 11 is 0. The molecule has 2 spiro atoms. The van der Waals surface area contributed by atoms with Crippen molar-refractivity contribution in [1.82, 2.24) is 0 Å². The molecule has 2 N–H and O–H groups in total. The van der Waals surface area contributed by atoms with Crippen LogP contribution in [0, 0.1) is 0 Å². The molecule has 2 unspecified atom stereocenters. The Morgan fingerprint density at radius 3 is 1.49 bits per heavy atom. The Morgan fingerprint density at radius 1 is 0.574 bits per heavy atom. The van der Waals surface area contributed by atoms with Gasteiger partial charge in [-0.25, -0.2) is 4.79 Å². The van der Waals surface area contributed by atoms with Crippen molar-refractivity contribution in [1.29, 1.82) is 0 Å². The molecule has 2 atom stereocenters. The maximum absolute atomic E-state index is 11.2. The quantitative estimate of drug-likeness (QED) is 0.328. The molecule has 6 aliphatic rings. The highest BCUT2D eigenvalue weighted by Crippen LogP contribution is 2.38. The number of rotatable bonds is 2. The van der Waals surface area contributed by atoms with Gasteiger partial charge in [-0.3, -0.25) is 0 Å². The number of carboxylic acids is 1. The van der Waals surface area contributed by atoms with Crippen LogP contribution in [-0.4, -0.2) is 97.6 Å². The van der Waals surface area contributed by atoms with Crippen LogP contribution in [-0.2, 0) is 6.61 Å². The van der Waals surface area contributed by atoms with E-state index in [1.807, 2.05) is 88.3 Å². The van der Waals surface area contributed by atoms with E-state index in [-0.39, 0.29) is 12.2 Å². The third kappa shape index (κ3) is 4.20. The van der Waals surface area contributed by atoms with E-state index in [1.54, 1.807) is 18.2 Å². The minimum atomic E-state index is -1.04. The smallest absolute Gasteiger partial charge is 0.478 e. The average molecular weight is 631 g/mol. The minimum Gasteiger partial charge on any atom is -0.478 e. The lowest BCUT2D eigenvalue weighted by Crippen LogP contribution is -2.59. The second-order valence-electron chi connectivity index (χ2n) is 12.0. The van der Waals surface area contributed by atoms with Gasteiger partial charge in [-0.2, -0.15) is 0 Å². The Labute approximate surface area is 269 Å². The summed E-state index contributed by atoms with van der Waals surface area (Å²) < 4.78 is 33.2. The van der Waals surface area contributed by atoms with Crippen LogP contribution in [0.25, 0.3) is 0 Å². The van der Waals surface area contributed by atoms with E-state index in [9.17, 15) is 9.90 Å². The Hall–Kier alpha value is -5.81. The van der Waals surface area contributed by atoms with Crippen LogP contribution in [0.15, 0.2) is 84.9 Å². The van der Waals surface area contributed by atoms with Gasteiger partial charge in [-0.1, -0.05) is 48.6 Å².